The van der Waals surface area contributed by atoms with Crippen LogP contribution in [0.15, 0.2) is 0 Å². The molecule has 5 nitrogen and oxygen atoms in total. The van der Waals surface area contributed by atoms with Gasteiger partial charge in [0.2, 0.25) is 5.91 Å². The van der Waals surface area contributed by atoms with Gasteiger partial charge in [-0.1, -0.05) is 0 Å². The molecular formula is C15H26N2O3. The fraction of sp³-hybridized carbons (Fsp3) is 0.933. The van der Waals surface area contributed by atoms with E-state index in [1.165, 1.54) is 0 Å². The van der Waals surface area contributed by atoms with Crippen LogP contribution in [0.2, 0.25) is 0 Å². The predicted molar refractivity (Wildman–Crippen MR) is 75.0 cm³/mol. The first kappa shape index (κ1) is 14.3. The highest BCUT2D eigenvalue weighted by Gasteiger charge is 2.51. The molecule has 0 aromatic rings. The highest BCUT2D eigenvalue weighted by atomic mass is 16.3. The number of hydrogen-bond acceptors (Lipinski definition) is 4. The van der Waals surface area contributed by atoms with Crippen molar-refractivity contribution in [3.8, 4) is 0 Å². The predicted octanol–water partition coefficient (Wildman–Crippen LogP) is 0.0142. The second-order valence-electron chi connectivity index (χ2n) is 6.91. The molecule has 3 fully saturated rings. The molecule has 5 heteroatoms. The van der Waals surface area contributed by atoms with Crippen LogP contribution in [0.5, 0.6) is 0 Å². The van der Waals surface area contributed by atoms with E-state index < -0.39 is 5.41 Å². The molecule has 0 aromatic heterocycles. The monoisotopic (exact) mass is 282 g/mol. The van der Waals surface area contributed by atoms with Gasteiger partial charge in [-0.3, -0.25) is 4.79 Å². The minimum atomic E-state index is -0.493. The third kappa shape index (κ3) is 2.71. The number of hydrogen-bond donors (Lipinski definition) is 4. The van der Waals surface area contributed by atoms with Crippen LogP contribution in [0.4, 0.5) is 0 Å². The van der Waals surface area contributed by atoms with Gasteiger partial charge in [-0.15, -0.1) is 0 Å². The Bertz CT molecular complexity index is 358. The normalized spacial score (nSPS) is 34.1. The van der Waals surface area contributed by atoms with Crippen LogP contribution >= 0.6 is 0 Å². The Morgan fingerprint density at radius 3 is 2.40 bits per heavy atom. The Morgan fingerprint density at radius 1 is 1.25 bits per heavy atom. The summed E-state index contributed by atoms with van der Waals surface area (Å²) >= 11 is 0. The van der Waals surface area contributed by atoms with E-state index in [9.17, 15) is 15.0 Å². The molecule has 0 spiro atoms. The zero-order valence-corrected chi connectivity index (χ0v) is 12.0. The molecule has 20 heavy (non-hydrogen) atoms. The van der Waals surface area contributed by atoms with Crippen molar-refractivity contribution < 1.29 is 15.0 Å². The largest absolute Gasteiger partial charge is 0.395 e. The van der Waals surface area contributed by atoms with Crippen molar-refractivity contribution in [2.75, 3.05) is 19.7 Å². The molecule has 3 rings (SSSR count). The number of carbonyl (C=O) groups is 1. The summed E-state index contributed by atoms with van der Waals surface area (Å²) in [5.74, 6) is 0.948. The summed E-state index contributed by atoms with van der Waals surface area (Å²) in [5.41, 5.74) is -0.493. The minimum Gasteiger partial charge on any atom is -0.395 e. The minimum absolute atomic E-state index is 0.0323. The zero-order valence-electron chi connectivity index (χ0n) is 12.0. The van der Waals surface area contributed by atoms with Crippen LogP contribution in [0.1, 0.15) is 38.5 Å². The van der Waals surface area contributed by atoms with E-state index >= 15 is 0 Å². The number of aliphatic hydroxyl groups excluding tert-OH is 2. The number of aliphatic hydroxyl groups is 2. The molecule has 0 aromatic carbocycles. The number of nitrogens with one attached hydrogen (secondary N) is 2. The number of amides is 1. The molecule has 1 saturated heterocycles. The second-order valence-corrected chi connectivity index (χ2v) is 6.91. The van der Waals surface area contributed by atoms with E-state index in [1.807, 2.05) is 0 Å². The quantitative estimate of drug-likeness (QED) is 0.573. The Balaban J connectivity index is 1.64. The Kier molecular flexibility index (Phi) is 4.02. The van der Waals surface area contributed by atoms with Gasteiger partial charge in [0.1, 0.15) is 0 Å². The molecular weight excluding hydrogens is 256 g/mol. The molecule has 1 aliphatic heterocycles. The van der Waals surface area contributed by atoms with Gasteiger partial charge >= 0.3 is 0 Å². The highest BCUT2D eigenvalue weighted by Crippen LogP contribution is 2.46. The molecule has 2 aliphatic carbocycles. The molecule has 0 unspecified atom stereocenters. The third-order valence-electron chi connectivity index (χ3n) is 5.48. The maximum absolute atomic E-state index is 12.4. The van der Waals surface area contributed by atoms with Crippen molar-refractivity contribution >= 4 is 5.91 Å². The topological polar surface area (TPSA) is 81.6 Å². The molecule has 2 saturated carbocycles. The summed E-state index contributed by atoms with van der Waals surface area (Å²) in [6, 6.07) is 0.178. The first-order chi connectivity index (χ1) is 9.64. The van der Waals surface area contributed by atoms with E-state index in [2.05, 4.69) is 10.6 Å². The van der Waals surface area contributed by atoms with Gasteiger partial charge in [0.25, 0.3) is 0 Å². The maximum atomic E-state index is 12.4. The van der Waals surface area contributed by atoms with E-state index in [-0.39, 0.29) is 24.7 Å². The van der Waals surface area contributed by atoms with E-state index in [4.69, 9.17) is 0 Å². The first-order valence-electron chi connectivity index (χ1n) is 7.95. The molecule has 1 amide bonds. The molecule has 4 N–H and O–H groups in total. The fourth-order valence-electron chi connectivity index (χ4n) is 3.66. The summed E-state index contributed by atoms with van der Waals surface area (Å²) in [7, 11) is 0. The zero-order chi connectivity index (χ0) is 14.2. The first-order valence-corrected chi connectivity index (χ1v) is 7.95. The molecule has 3 aliphatic rings. The Hall–Kier alpha value is -0.650. The van der Waals surface area contributed by atoms with Crippen molar-refractivity contribution in [1.82, 2.24) is 10.6 Å². The lowest BCUT2D eigenvalue weighted by Gasteiger charge is -2.43. The average molecular weight is 282 g/mol. The number of piperidine rings is 1. The molecule has 0 bridgehead atoms. The van der Waals surface area contributed by atoms with Crippen LogP contribution in [-0.4, -0.2) is 48.0 Å². The van der Waals surface area contributed by atoms with Gasteiger partial charge in [-0.25, -0.2) is 0 Å². The van der Waals surface area contributed by atoms with Crippen molar-refractivity contribution in [3.05, 3.63) is 0 Å². The summed E-state index contributed by atoms with van der Waals surface area (Å²) < 4.78 is 0. The van der Waals surface area contributed by atoms with Gasteiger partial charge in [0, 0.05) is 6.04 Å². The van der Waals surface area contributed by atoms with Crippen molar-refractivity contribution in [1.29, 1.82) is 0 Å². The second kappa shape index (κ2) is 5.62. The van der Waals surface area contributed by atoms with Crippen molar-refractivity contribution in [3.63, 3.8) is 0 Å². The van der Waals surface area contributed by atoms with E-state index in [0.29, 0.717) is 11.8 Å². The Morgan fingerprint density at radius 2 is 1.90 bits per heavy atom. The fourth-order valence-corrected chi connectivity index (χ4v) is 3.66. The average Bonchev–Trinajstić information content (AvgIpc) is 3.23. The van der Waals surface area contributed by atoms with Crippen LogP contribution < -0.4 is 10.6 Å². The molecule has 0 radical (unpaired) electrons. The summed E-state index contributed by atoms with van der Waals surface area (Å²) in [6.07, 6.45) is 5.22. The van der Waals surface area contributed by atoms with Crippen LogP contribution in [0.3, 0.4) is 0 Å². The highest BCUT2D eigenvalue weighted by molar-refractivity contribution is 5.85. The molecule has 114 valence electrons. The van der Waals surface area contributed by atoms with E-state index in [0.717, 1.165) is 51.6 Å². The van der Waals surface area contributed by atoms with Gasteiger partial charge in [-0.2, -0.15) is 0 Å². The third-order valence-corrected chi connectivity index (χ3v) is 5.48. The SMILES string of the molecule is O=C(N[C@@H](C1CCNCC1)C1CC(O)C1)C1(CO)CC1. The molecule has 1 atom stereocenters. The van der Waals surface area contributed by atoms with Gasteiger partial charge < -0.3 is 20.8 Å². The number of rotatable bonds is 5. The standard InChI is InChI=1S/C15H26N2O3/c18-9-15(3-4-15)14(20)17-13(11-7-12(19)8-11)10-1-5-16-6-2-10/h10-13,16,18-19H,1-9H2,(H,17,20)/t11?,12?,13-/m0/s1. The van der Waals surface area contributed by atoms with E-state index in [1.54, 1.807) is 0 Å². The lowest BCUT2D eigenvalue weighted by molar-refractivity contribution is -0.130. The van der Waals surface area contributed by atoms with Gasteiger partial charge in [-0.05, 0) is 63.5 Å². The summed E-state index contributed by atoms with van der Waals surface area (Å²) in [5, 5.41) is 25.5. The Labute approximate surface area is 120 Å². The van der Waals surface area contributed by atoms with Crippen molar-refractivity contribution in [2.45, 2.75) is 50.7 Å². The molecule has 1 heterocycles. The smallest absolute Gasteiger partial charge is 0.228 e. The van der Waals surface area contributed by atoms with Crippen LogP contribution in [0.25, 0.3) is 0 Å². The lowest BCUT2D eigenvalue weighted by Crippen LogP contribution is -2.54. The van der Waals surface area contributed by atoms with Gasteiger partial charge in [0.05, 0.1) is 18.1 Å². The summed E-state index contributed by atoms with van der Waals surface area (Å²) in [6.45, 7) is 1.99. The number of carbonyl (C=O) groups excluding carboxylic acids is 1. The maximum Gasteiger partial charge on any atom is 0.228 e. The summed E-state index contributed by atoms with van der Waals surface area (Å²) in [4.78, 5) is 12.4. The van der Waals surface area contributed by atoms with Crippen LogP contribution in [0, 0.1) is 17.3 Å². The van der Waals surface area contributed by atoms with Crippen molar-refractivity contribution in [2.24, 2.45) is 17.3 Å². The van der Waals surface area contributed by atoms with Crippen LogP contribution in [-0.2, 0) is 4.79 Å². The lowest BCUT2D eigenvalue weighted by atomic mass is 9.71. The van der Waals surface area contributed by atoms with Gasteiger partial charge in [0.15, 0.2) is 0 Å².